The Morgan fingerprint density at radius 1 is 1.18 bits per heavy atom. The maximum atomic E-state index is 12.7. The molecule has 3 heterocycles. The molecule has 2 aromatic heterocycles. The summed E-state index contributed by atoms with van der Waals surface area (Å²) in [5, 5.41) is 3.90. The van der Waals surface area contributed by atoms with Crippen LogP contribution in [0.3, 0.4) is 0 Å². The average Bonchev–Trinajstić information content (AvgIpc) is 3.22. The highest BCUT2D eigenvalue weighted by Crippen LogP contribution is 2.18. The van der Waals surface area contributed by atoms with Crippen molar-refractivity contribution in [2.24, 2.45) is 0 Å². The van der Waals surface area contributed by atoms with Crippen molar-refractivity contribution < 1.29 is 4.79 Å². The number of nitrogens with zero attached hydrogens (tertiary/aromatic N) is 5. The molecule has 0 saturated carbocycles. The van der Waals surface area contributed by atoms with Crippen molar-refractivity contribution in [2.45, 2.75) is 19.5 Å². The molecule has 1 N–H and O–H groups in total. The molecule has 144 valence electrons. The number of carbonyl (C=O) groups is 1. The molecule has 1 aliphatic heterocycles. The number of anilines is 2. The highest BCUT2D eigenvalue weighted by atomic mass is 32.1. The van der Waals surface area contributed by atoms with Crippen LogP contribution in [-0.4, -0.2) is 55.7 Å². The minimum Gasteiger partial charge on any atom is -0.333 e. The lowest BCUT2D eigenvalue weighted by molar-refractivity contribution is 0.0473. The Balaban J connectivity index is 1.36. The molecular weight excluding hydrogens is 372 g/mol. The van der Waals surface area contributed by atoms with Gasteiger partial charge in [-0.05, 0) is 31.2 Å². The highest BCUT2D eigenvalue weighted by molar-refractivity contribution is 7.09. The Bertz CT molecular complexity index is 917. The molecule has 0 bridgehead atoms. The maximum Gasteiger partial charge on any atom is 0.254 e. The van der Waals surface area contributed by atoms with Crippen molar-refractivity contribution in [3.63, 3.8) is 0 Å². The van der Waals surface area contributed by atoms with Crippen LogP contribution in [0.4, 0.5) is 10.9 Å². The van der Waals surface area contributed by atoms with Crippen LogP contribution in [0.5, 0.6) is 0 Å². The molecule has 3 aromatic rings. The van der Waals surface area contributed by atoms with E-state index in [0.29, 0.717) is 0 Å². The van der Waals surface area contributed by atoms with Crippen LogP contribution in [0, 0.1) is 0 Å². The quantitative estimate of drug-likeness (QED) is 0.717. The van der Waals surface area contributed by atoms with Crippen LogP contribution in [0.1, 0.15) is 23.0 Å². The van der Waals surface area contributed by atoms with Gasteiger partial charge in [0.2, 0.25) is 5.13 Å². The van der Waals surface area contributed by atoms with Crippen molar-refractivity contribution in [3.05, 3.63) is 66.1 Å². The van der Waals surface area contributed by atoms with E-state index in [1.807, 2.05) is 53.4 Å². The van der Waals surface area contributed by atoms with Gasteiger partial charge >= 0.3 is 0 Å². The fourth-order valence-corrected chi connectivity index (χ4v) is 3.87. The van der Waals surface area contributed by atoms with E-state index in [2.05, 4.69) is 31.5 Å². The van der Waals surface area contributed by atoms with Gasteiger partial charge in [0.05, 0.1) is 5.69 Å². The normalized spacial score (nSPS) is 17.5. The average molecular weight is 395 g/mol. The van der Waals surface area contributed by atoms with E-state index in [1.165, 1.54) is 17.9 Å². The third-order valence-electron chi connectivity index (χ3n) is 4.78. The van der Waals surface area contributed by atoms with Crippen LogP contribution in [-0.2, 0) is 6.54 Å². The van der Waals surface area contributed by atoms with E-state index in [9.17, 15) is 4.79 Å². The summed E-state index contributed by atoms with van der Waals surface area (Å²) < 4.78 is 3.99. The number of pyridine rings is 1. The minimum atomic E-state index is 0.106. The van der Waals surface area contributed by atoms with Gasteiger partial charge < -0.3 is 10.2 Å². The first-order chi connectivity index (χ1) is 13.7. The second kappa shape index (κ2) is 8.45. The summed E-state index contributed by atoms with van der Waals surface area (Å²) in [7, 11) is 0. The van der Waals surface area contributed by atoms with Crippen LogP contribution in [0.2, 0.25) is 0 Å². The predicted molar refractivity (Wildman–Crippen MR) is 110 cm³/mol. The third-order valence-corrected chi connectivity index (χ3v) is 5.36. The molecule has 1 aliphatic rings. The Hall–Kier alpha value is -2.84. The topological polar surface area (TPSA) is 74.2 Å². The van der Waals surface area contributed by atoms with E-state index < -0.39 is 0 Å². The molecule has 8 heteroatoms. The zero-order chi connectivity index (χ0) is 19.3. The Kier molecular flexibility index (Phi) is 5.59. The van der Waals surface area contributed by atoms with Crippen molar-refractivity contribution in [2.75, 3.05) is 25.0 Å². The van der Waals surface area contributed by atoms with Gasteiger partial charge in [-0.15, -0.1) is 0 Å². The molecule has 0 aliphatic carbocycles. The number of piperazine rings is 1. The largest absolute Gasteiger partial charge is 0.333 e. The lowest BCUT2D eigenvalue weighted by Gasteiger charge is -2.39. The molecule has 28 heavy (non-hydrogen) atoms. The minimum absolute atomic E-state index is 0.106. The number of rotatable bonds is 5. The first kappa shape index (κ1) is 18.5. The lowest BCUT2D eigenvalue weighted by Crippen LogP contribution is -2.53. The molecule has 0 unspecified atom stereocenters. The predicted octanol–water partition coefficient (Wildman–Crippen LogP) is 3.02. The maximum absolute atomic E-state index is 12.7. The summed E-state index contributed by atoms with van der Waals surface area (Å²) in [6.45, 7) is 5.24. The van der Waals surface area contributed by atoms with Gasteiger partial charge in [-0.2, -0.15) is 4.37 Å². The SMILES string of the molecule is C[C@@H]1CN(Cc2cccc(Nc3ncns3)n2)CCN1C(=O)c1ccccc1. The zero-order valence-electron chi connectivity index (χ0n) is 15.7. The van der Waals surface area contributed by atoms with E-state index in [0.717, 1.165) is 48.4 Å². The summed E-state index contributed by atoms with van der Waals surface area (Å²) in [5.41, 5.74) is 1.74. The molecular formula is C20H22N6OS. The molecule has 1 fully saturated rings. The molecule has 1 amide bonds. The van der Waals surface area contributed by atoms with Crippen LogP contribution < -0.4 is 5.32 Å². The number of hydrogen-bond acceptors (Lipinski definition) is 7. The van der Waals surface area contributed by atoms with E-state index in [1.54, 1.807) is 0 Å². The monoisotopic (exact) mass is 394 g/mol. The molecule has 0 spiro atoms. The number of hydrogen-bond donors (Lipinski definition) is 1. The Morgan fingerprint density at radius 3 is 2.79 bits per heavy atom. The number of nitrogens with one attached hydrogen (secondary N) is 1. The summed E-state index contributed by atoms with van der Waals surface area (Å²) in [6, 6.07) is 15.6. The summed E-state index contributed by atoms with van der Waals surface area (Å²) in [4.78, 5) is 25.9. The van der Waals surface area contributed by atoms with Crippen molar-refractivity contribution >= 4 is 28.4 Å². The summed E-state index contributed by atoms with van der Waals surface area (Å²) >= 11 is 1.30. The number of aromatic nitrogens is 3. The van der Waals surface area contributed by atoms with Gasteiger partial charge in [0.25, 0.3) is 5.91 Å². The van der Waals surface area contributed by atoms with Gasteiger partial charge in [-0.3, -0.25) is 9.69 Å². The van der Waals surface area contributed by atoms with Crippen molar-refractivity contribution in [1.82, 2.24) is 24.1 Å². The van der Waals surface area contributed by atoms with Crippen LogP contribution >= 0.6 is 11.5 Å². The zero-order valence-corrected chi connectivity index (χ0v) is 16.5. The molecule has 1 saturated heterocycles. The van der Waals surface area contributed by atoms with Gasteiger partial charge in [-0.25, -0.2) is 9.97 Å². The fraction of sp³-hybridized carbons (Fsp3) is 0.300. The number of amides is 1. The second-order valence-corrected chi connectivity index (χ2v) is 7.61. The summed E-state index contributed by atoms with van der Waals surface area (Å²) in [5.74, 6) is 0.870. The first-order valence-corrected chi connectivity index (χ1v) is 10.0. The lowest BCUT2D eigenvalue weighted by atomic mass is 10.1. The van der Waals surface area contributed by atoms with Gasteiger partial charge in [-0.1, -0.05) is 24.3 Å². The molecule has 1 aromatic carbocycles. The standard InChI is InChI=1S/C20H22N6OS/c1-15-12-25(10-11-26(15)19(27)16-6-3-2-4-7-16)13-17-8-5-9-18(23-17)24-20-21-14-22-28-20/h2-9,14-15H,10-13H2,1H3,(H,21,22,23,24)/t15-/m1/s1. The Morgan fingerprint density at radius 2 is 2.04 bits per heavy atom. The van der Waals surface area contributed by atoms with Crippen LogP contribution in [0.25, 0.3) is 0 Å². The summed E-state index contributed by atoms with van der Waals surface area (Å²) in [6.07, 6.45) is 1.52. The van der Waals surface area contributed by atoms with E-state index >= 15 is 0 Å². The van der Waals surface area contributed by atoms with E-state index in [-0.39, 0.29) is 11.9 Å². The highest BCUT2D eigenvalue weighted by Gasteiger charge is 2.28. The van der Waals surface area contributed by atoms with E-state index in [4.69, 9.17) is 0 Å². The number of carbonyl (C=O) groups excluding carboxylic acids is 1. The number of benzene rings is 1. The molecule has 0 radical (unpaired) electrons. The third kappa shape index (κ3) is 4.35. The van der Waals surface area contributed by atoms with Crippen LogP contribution in [0.15, 0.2) is 54.9 Å². The van der Waals surface area contributed by atoms with Gasteiger partial charge in [0, 0.05) is 49.3 Å². The molecule has 1 atom stereocenters. The molecule has 4 rings (SSSR count). The first-order valence-electron chi connectivity index (χ1n) is 9.27. The smallest absolute Gasteiger partial charge is 0.254 e. The Labute approximate surface area is 168 Å². The van der Waals surface area contributed by atoms with Crippen molar-refractivity contribution in [3.8, 4) is 0 Å². The second-order valence-electron chi connectivity index (χ2n) is 6.83. The van der Waals surface area contributed by atoms with Crippen molar-refractivity contribution in [1.29, 1.82) is 0 Å². The molecule has 7 nitrogen and oxygen atoms in total. The van der Waals surface area contributed by atoms with Gasteiger partial charge in [0.1, 0.15) is 12.1 Å². The van der Waals surface area contributed by atoms with Gasteiger partial charge in [0.15, 0.2) is 0 Å². The fourth-order valence-electron chi connectivity index (χ4n) is 3.43.